The molecule has 4 atom stereocenters. The molecule has 0 amide bonds. The normalized spacial score (nSPS) is 30.4. The van der Waals surface area contributed by atoms with Crippen LogP contribution < -0.4 is 5.32 Å². The smallest absolute Gasteiger partial charge is 0.185 e. The van der Waals surface area contributed by atoms with Crippen molar-refractivity contribution < 1.29 is 19.3 Å². The zero-order valence-corrected chi connectivity index (χ0v) is 14.2. The van der Waals surface area contributed by atoms with E-state index in [1.807, 2.05) is 0 Å². The van der Waals surface area contributed by atoms with Gasteiger partial charge in [-0.25, -0.2) is 14.1 Å². The van der Waals surface area contributed by atoms with Crippen molar-refractivity contribution in [2.24, 2.45) is 0 Å². The average Bonchev–Trinajstić information content (AvgIpc) is 3.29. The zero-order valence-electron chi connectivity index (χ0n) is 13.5. The number of rotatable bonds is 4. The molecule has 3 heterocycles. The van der Waals surface area contributed by atoms with Gasteiger partial charge in [-0.3, -0.25) is 0 Å². The van der Waals surface area contributed by atoms with Gasteiger partial charge in [0.1, 0.15) is 23.2 Å². The van der Waals surface area contributed by atoms with E-state index in [0.29, 0.717) is 22.8 Å². The molecule has 2 fully saturated rings. The van der Waals surface area contributed by atoms with Crippen molar-refractivity contribution in [3.05, 3.63) is 17.4 Å². The topological polar surface area (TPSA) is 92.4 Å². The van der Waals surface area contributed by atoms with Crippen molar-refractivity contribution in [2.45, 2.75) is 56.3 Å². The van der Waals surface area contributed by atoms with Crippen LogP contribution in [0.4, 0.5) is 10.2 Å². The van der Waals surface area contributed by atoms with Gasteiger partial charge in [-0.1, -0.05) is 24.4 Å². The lowest BCUT2D eigenvalue weighted by Crippen LogP contribution is -2.30. The number of aliphatic hydroxyl groups excluding tert-OH is 2. The fraction of sp³-hybridized carbons (Fsp3) is 0.625. The van der Waals surface area contributed by atoms with Gasteiger partial charge >= 0.3 is 0 Å². The van der Waals surface area contributed by atoms with Gasteiger partial charge < -0.3 is 20.3 Å². The Bertz CT molecular complexity index is 767. The summed E-state index contributed by atoms with van der Waals surface area (Å²) in [5.74, 6) is 0.619. The highest BCUT2D eigenvalue weighted by Crippen LogP contribution is 2.35. The summed E-state index contributed by atoms with van der Waals surface area (Å²) in [5.41, 5.74) is 0.568. The molecular formula is C16H20ClFN4O3. The molecule has 4 rings (SSSR count). The minimum absolute atomic E-state index is 0.266. The summed E-state index contributed by atoms with van der Waals surface area (Å²) in [7, 11) is 0. The Kier molecular flexibility index (Phi) is 4.53. The third kappa shape index (κ3) is 2.97. The fourth-order valence-electron chi connectivity index (χ4n) is 3.64. The SMILES string of the molecule is OC[C@H]1O[C@@H](n2ncc3c(NC4CCCC4)nc(Cl)cc32)[C@@H](F)[C@@H]1O. The van der Waals surface area contributed by atoms with Gasteiger partial charge in [0.25, 0.3) is 0 Å². The summed E-state index contributed by atoms with van der Waals surface area (Å²) in [5, 5.41) is 27.7. The molecule has 1 saturated carbocycles. The molecule has 25 heavy (non-hydrogen) atoms. The maximum atomic E-state index is 14.4. The van der Waals surface area contributed by atoms with E-state index >= 15 is 0 Å². The summed E-state index contributed by atoms with van der Waals surface area (Å²) in [6.07, 6.45) is 0.904. The van der Waals surface area contributed by atoms with E-state index in [1.165, 1.54) is 17.5 Å². The van der Waals surface area contributed by atoms with Crippen LogP contribution in [0.1, 0.15) is 31.9 Å². The maximum Gasteiger partial charge on any atom is 0.185 e. The minimum atomic E-state index is -1.70. The highest BCUT2D eigenvalue weighted by Gasteiger charge is 2.45. The third-order valence-corrected chi connectivity index (χ3v) is 5.17. The molecular weight excluding hydrogens is 351 g/mol. The van der Waals surface area contributed by atoms with E-state index in [9.17, 15) is 14.6 Å². The van der Waals surface area contributed by atoms with Crippen LogP contribution >= 0.6 is 11.6 Å². The van der Waals surface area contributed by atoms with Crippen LogP contribution in [0.5, 0.6) is 0 Å². The van der Waals surface area contributed by atoms with Gasteiger partial charge in [0, 0.05) is 12.1 Å². The minimum Gasteiger partial charge on any atom is -0.394 e. The highest BCUT2D eigenvalue weighted by atomic mass is 35.5. The quantitative estimate of drug-likeness (QED) is 0.713. The Morgan fingerprint density at radius 1 is 1.40 bits per heavy atom. The number of ether oxygens (including phenoxy) is 1. The first-order chi connectivity index (χ1) is 12.1. The molecule has 1 aliphatic carbocycles. The molecule has 0 spiro atoms. The van der Waals surface area contributed by atoms with Crippen molar-refractivity contribution >= 4 is 28.3 Å². The molecule has 2 aromatic rings. The Morgan fingerprint density at radius 3 is 2.84 bits per heavy atom. The molecule has 0 unspecified atom stereocenters. The number of pyridine rings is 1. The number of aliphatic hydroxyl groups is 2. The summed E-state index contributed by atoms with van der Waals surface area (Å²) in [6.45, 7) is -0.464. The molecule has 1 saturated heterocycles. The fourth-order valence-corrected chi connectivity index (χ4v) is 3.83. The summed E-state index contributed by atoms with van der Waals surface area (Å²) in [6, 6.07) is 1.94. The van der Waals surface area contributed by atoms with Crippen LogP contribution in [0.2, 0.25) is 5.15 Å². The van der Waals surface area contributed by atoms with Crippen LogP contribution in [0.25, 0.3) is 10.9 Å². The first-order valence-corrected chi connectivity index (χ1v) is 8.85. The summed E-state index contributed by atoms with van der Waals surface area (Å²) in [4.78, 5) is 4.35. The number of nitrogens with zero attached hydrogens (tertiary/aromatic N) is 3. The molecule has 9 heteroatoms. The number of halogens is 2. The summed E-state index contributed by atoms with van der Waals surface area (Å²) < 4.78 is 21.2. The number of hydrogen-bond donors (Lipinski definition) is 3. The number of nitrogens with one attached hydrogen (secondary N) is 1. The first kappa shape index (κ1) is 17.0. The molecule has 2 aromatic heterocycles. The van der Waals surface area contributed by atoms with Crippen LogP contribution in [0.3, 0.4) is 0 Å². The van der Waals surface area contributed by atoms with E-state index in [1.54, 1.807) is 12.3 Å². The number of hydrogen-bond acceptors (Lipinski definition) is 6. The van der Waals surface area contributed by atoms with Crippen molar-refractivity contribution in [3.63, 3.8) is 0 Å². The Morgan fingerprint density at radius 2 is 2.16 bits per heavy atom. The molecule has 2 aliphatic rings. The van der Waals surface area contributed by atoms with Crippen molar-refractivity contribution in [2.75, 3.05) is 11.9 Å². The van der Waals surface area contributed by atoms with E-state index in [0.717, 1.165) is 12.8 Å². The predicted octanol–water partition coefficient (Wildman–Crippen LogP) is 2.03. The van der Waals surface area contributed by atoms with Crippen molar-refractivity contribution in [1.29, 1.82) is 0 Å². The predicted molar refractivity (Wildman–Crippen MR) is 90.3 cm³/mol. The Balaban J connectivity index is 1.70. The lowest BCUT2D eigenvalue weighted by atomic mass is 10.1. The van der Waals surface area contributed by atoms with Gasteiger partial charge in [0.15, 0.2) is 12.4 Å². The second-order valence-corrected chi connectivity index (χ2v) is 7.01. The number of alkyl halides is 1. The van der Waals surface area contributed by atoms with Crippen LogP contribution in [0.15, 0.2) is 12.3 Å². The lowest BCUT2D eigenvalue weighted by molar-refractivity contribution is -0.0503. The number of aromatic nitrogens is 3. The molecule has 0 aromatic carbocycles. The van der Waals surface area contributed by atoms with E-state index in [-0.39, 0.29) is 5.15 Å². The van der Waals surface area contributed by atoms with E-state index in [2.05, 4.69) is 15.4 Å². The Labute approximate surface area is 148 Å². The maximum absolute atomic E-state index is 14.4. The largest absolute Gasteiger partial charge is 0.394 e. The molecule has 136 valence electrons. The second-order valence-electron chi connectivity index (χ2n) is 6.62. The molecule has 3 N–H and O–H groups in total. The third-order valence-electron chi connectivity index (χ3n) is 4.97. The molecule has 1 aliphatic heterocycles. The van der Waals surface area contributed by atoms with Gasteiger partial charge in [-0.05, 0) is 12.8 Å². The van der Waals surface area contributed by atoms with Crippen LogP contribution in [-0.2, 0) is 4.74 Å². The average molecular weight is 371 g/mol. The second kappa shape index (κ2) is 6.68. The Hall–Kier alpha value is -1.48. The van der Waals surface area contributed by atoms with Gasteiger partial charge in [0.05, 0.1) is 23.7 Å². The lowest BCUT2D eigenvalue weighted by Gasteiger charge is -2.16. The number of anilines is 1. The molecule has 0 radical (unpaired) electrons. The van der Waals surface area contributed by atoms with E-state index in [4.69, 9.17) is 16.3 Å². The van der Waals surface area contributed by atoms with Gasteiger partial charge in [-0.15, -0.1) is 0 Å². The van der Waals surface area contributed by atoms with Crippen molar-refractivity contribution in [3.8, 4) is 0 Å². The monoisotopic (exact) mass is 370 g/mol. The van der Waals surface area contributed by atoms with Crippen molar-refractivity contribution in [1.82, 2.24) is 14.8 Å². The molecule has 7 nitrogen and oxygen atoms in total. The number of fused-ring (bicyclic) bond motifs is 1. The van der Waals surface area contributed by atoms with Crippen LogP contribution in [-0.4, -0.2) is 56.0 Å². The summed E-state index contributed by atoms with van der Waals surface area (Å²) >= 11 is 6.15. The van der Waals surface area contributed by atoms with Crippen LogP contribution in [0, 0.1) is 0 Å². The first-order valence-electron chi connectivity index (χ1n) is 8.47. The molecule has 0 bridgehead atoms. The standard InChI is InChI=1S/C16H20ClFN4O3/c17-12-5-10-9(15(21-12)20-8-3-1-2-4-8)6-19-22(10)16-13(18)14(24)11(7-23)25-16/h5-6,8,11,13-14,16,23-24H,1-4,7H2,(H,20,21)/t11-,13+,14-,16-/m1/s1. The van der Waals surface area contributed by atoms with Gasteiger partial charge in [-0.2, -0.15) is 5.10 Å². The highest BCUT2D eigenvalue weighted by molar-refractivity contribution is 6.30. The van der Waals surface area contributed by atoms with Gasteiger partial charge in [0.2, 0.25) is 0 Å². The van der Waals surface area contributed by atoms with E-state index < -0.39 is 31.2 Å². The zero-order chi connectivity index (χ0) is 17.6.